The van der Waals surface area contributed by atoms with Gasteiger partial charge in [-0.2, -0.15) is 0 Å². The summed E-state index contributed by atoms with van der Waals surface area (Å²) in [6, 6.07) is 17.8. The Kier molecular flexibility index (Phi) is 4.31. The van der Waals surface area contributed by atoms with Gasteiger partial charge in [0, 0.05) is 0 Å². The molecule has 0 spiro atoms. The molecule has 2 aromatic carbocycles. The number of rotatable bonds is 5. The highest BCUT2D eigenvalue weighted by molar-refractivity contribution is 5.71. The van der Waals surface area contributed by atoms with Crippen molar-refractivity contribution in [2.75, 3.05) is 0 Å². The number of hydrogen-bond donors (Lipinski definition) is 1. The standard InChI is InChI=1S/C16H16O3/c1-12(16(17)18)19-11-14-9-5-6-10-15(14)13-7-3-2-4-8-13/h2-10,12H,11H2,1H3,(H,17,18)/t12-/m0/s1. The molecule has 0 bridgehead atoms. The van der Waals surface area contributed by atoms with Crippen LogP contribution in [0.1, 0.15) is 12.5 Å². The molecule has 98 valence electrons. The van der Waals surface area contributed by atoms with E-state index in [4.69, 9.17) is 9.84 Å². The molecule has 3 heteroatoms. The molecule has 0 amide bonds. The maximum absolute atomic E-state index is 10.8. The molecule has 0 unspecified atom stereocenters. The Balaban J connectivity index is 2.20. The van der Waals surface area contributed by atoms with Gasteiger partial charge in [0.15, 0.2) is 6.10 Å². The molecule has 1 atom stereocenters. The minimum atomic E-state index is -0.947. The minimum Gasteiger partial charge on any atom is -0.479 e. The van der Waals surface area contributed by atoms with Crippen molar-refractivity contribution in [3.05, 3.63) is 60.2 Å². The molecule has 0 saturated carbocycles. The summed E-state index contributed by atoms with van der Waals surface area (Å²) in [4.78, 5) is 10.8. The zero-order valence-corrected chi connectivity index (χ0v) is 10.7. The smallest absolute Gasteiger partial charge is 0.332 e. The lowest BCUT2D eigenvalue weighted by Crippen LogP contribution is -2.19. The molecule has 0 aliphatic heterocycles. The highest BCUT2D eigenvalue weighted by Gasteiger charge is 2.12. The van der Waals surface area contributed by atoms with Gasteiger partial charge in [0.05, 0.1) is 6.61 Å². The summed E-state index contributed by atoms with van der Waals surface area (Å²) in [6.07, 6.45) is -0.802. The summed E-state index contributed by atoms with van der Waals surface area (Å²) in [5.74, 6) is -0.947. The van der Waals surface area contributed by atoms with Gasteiger partial charge >= 0.3 is 5.97 Å². The first-order chi connectivity index (χ1) is 9.18. The van der Waals surface area contributed by atoms with Crippen molar-refractivity contribution >= 4 is 5.97 Å². The fraction of sp³-hybridized carbons (Fsp3) is 0.188. The fourth-order valence-corrected chi connectivity index (χ4v) is 1.83. The highest BCUT2D eigenvalue weighted by atomic mass is 16.5. The quantitative estimate of drug-likeness (QED) is 0.892. The van der Waals surface area contributed by atoms with Crippen LogP contribution in [-0.2, 0) is 16.1 Å². The van der Waals surface area contributed by atoms with Gasteiger partial charge in [-0.1, -0.05) is 54.6 Å². The summed E-state index contributed by atoms with van der Waals surface area (Å²) in [5.41, 5.74) is 3.16. The van der Waals surface area contributed by atoms with Crippen LogP contribution in [-0.4, -0.2) is 17.2 Å². The number of carbonyl (C=O) groups is 1. The third-order valence-corrected chi connectivity index (χ3v) is 2.94. The van der Waals surface area contributed by atoms with E-state index >= 15 is 0 Å². The van der Waals surface area contributed by atoms with Gasteiger partial charge in [0.25, 0.3) is 0 Å². The van der Waals surface area contributed by atoms with Crippen molar-refractivity contribution in [1.29, 1.82) is 0 Å². The number of ether oxygens (including phenoxy) is 1. The van der Waals surface area contributed by atoms with Gasteiger partial charge < -0.3 is 9.84 Å². The maximum Gasteiger partial charge on any atom is 0.332 e. The third-order valence-electron chi connectivity index (χ3n) is 2.94. The Hall–Kier alpha value is -2.13. The minimum absolute atomic E-state index is 0.290. The molecular formula is C16H16O3. The Morgan fingerprint density at radius 1 is 1.11 bits per heavy atom. The average Bonchev–Trinajstić information content (AvgIpc) is 2.46. The van der Waals surface area contributed by atoms with Crippen molar-refractivity contribution in [1.82, 2.24) is 0 Å². The molecule has 0 aromatic heterocycles. The molecule has 0 fully saturated rings. The first-order valence-electron chi connectivity index (χ1n) is 6.16. The average molecular weight is 256 g/mol. The molecule has 2 aromatic rings. The van der Waals surface area contributed by atoms with E-state index in [0.29, 0.717) is 6.61 Å². The molecule has 2 rings (SSSR count). The Morgan fingerprint density at radius 3 is 2.42 bits per heavy atom. The van der Waals surface area contributed by atoms with Crippen LogP contribution >= 0.6 is 0 Å². The number of benzene rings is 2. The Bertz CT molecular complexity index is 549. The van der Waals surface area contributed by atoms with Gasteiger partial charge in [-0.05, 0) is 23.6 Å². The van der Waals surface area contributed by atoms with E-state index in [1.54, 1.807) is 0 Å². The predicted octanol–water partition coefficient (Wildman–Crippen LogP) is 3.34. The lowest BCUT2D eigenvalue weighted by molar-refractivity contribution is -0.149. The molecule has 0 radical (unpaired) electrons. The molecule has 1 N–H and O–H groups in total. The van der Waals surface area contributed by atoms with E-state index in [-0.39, 0.29) is 0 Å². The number of carboxylic acids is 1. The van der Waals surface area contributed by atoms with Crippen molar-refractivity contribution in [3.63, 3.8) is 0 Å². The summed E-state index contributed by atoms with van der Waals surface area (Å²) in [6.45, 7) is 1.83. The van der Waals surface area contributed by atoms with Gasteiger partial charge in [0.2, 0.25) is 0 Å². The second-order valence-corrected chi connectivity index (χ2v) is 4.31. The van der Waals surface area contributed by atoms with Crippen molar-refractivity contribution in [3.8, 4) is 11.1 Å². The van der Waals surface area contributed by atoms with E-state index in [1.165, 1.54) is 6.92 Å². The topological polar surface area (TPSA) is 46.5 Å². The first kappa shape index (κ1) is 13.3. The van der Waals surface area contributed by atoms with E-state index in [9.17, 15) is 4.79 Å². The van der Waals surface area contributed by atoms with E-state index in [2.05, 4.69) is 0 Å². The van der Waals surface area contributed by atoms with Crippen LogP contribution in [0.5, 0.6) is 0 Å². The second-order valence-electron chi connectivity index (χ2n) is 4.31. The van der Waals surface area contributed by atoms with Crippen LogP contribution in [0.15, 0.2) is 54.6 Å². The van der Waals surface area contributed by atoms with E-state index in [0.717, 1.165) is 16.7 Å². The lowest BCUT2D eigenvalue weighted by atomic mass is 10.0. The number of carboxylic acid groups (broad SMARTS) is 1. The van der Waals surface area contributed by atoms with Crippen molar-refractivity contribution in [2.24, 2.45) is 0 Å². The summed E-state index contributed by atoms with van der Waals surface area (Å²) >= 11 is 0. The SMILES string of the molecule is C[C@H](OCc1ccccc1-c1ccccc1)C(=O)O. The monoisotopic (exact) mass is 256 g/mol. The van der Waals surface area contributed by atoms with Crippen LogP contribution in [0.4, 0.5) is 0 Å². The van der Waals surface area contributed by atoms with E-state index in [1.807, 2.05) is 54.6 Å². The van der Waals surface area contributed by atoms with Gasteiger partial charge in [-0.15, -0.1) is 0 Å². The summed E-state index contributed by atoms with van der Waals surface area (Å²) in [5, 5.41) is 8.82. The predicted molar refractivity (Wildman–Crippen MR) is 73.8 cm³/mol. The molecule has 19 heavy (non-hydrogen) atoms. The van der Waals surface area contributed by atoms with Crippen molar-refractivity contribution in [2.45, 2.75) is 19.6 Å². The molecule has 0 aliphatic rings. The largest absolute Gasteiger partial charge is 0.479 e. The zero-order valence-electron chi connectivity index (χ0n) is 10.7. The number of hydrogen-bond acceptors (Lipinski definition) is 2. The lowest BCUT2D eigenvalue weighted by Gasteiger charge is -2.12. The molecule has 0 heterocycles. The maximum atomic E-state index is 10.8. The second kappa shape index (κ2) is 6.16. The fourth-order valence-electron chi connectivity index (χ4n) is 1.83. The molecule has 0 saturated heterocycles. The zero-order chi connectivity index (χ0) is 13.7. The Morgan fingerprint density at radius 2 is 1.74 bits per heavy atom. The van der Waals surface area contributed by atoms with Crippen LogP contribution in [0.3, 0.4) is 0 Å². The third kappa shape index (κ3) is 3.42. The van der Waals surface area contributed by atoms with E-state index < -0.39 is 12.1 Å². The molecule has 0 aliphatic carbocycles. The molecule has 3 nitrogen and oxygen atoms in total. The van der Waals surface area contributed by atoms with Gasteiger partial charge in [-0.3, -0.25) is 0 Å². The molecular weight excluding hydrogens is 240 g/mol. The number of aliphatic carboxylic acids is 1. The van der Waals surface area contributed by atoms with Gasteiger partial charge in [-0.25, -0.2) is 4.79 Å². The highest BCUT2D eigenvalue weighted by Crippen LogP contribution is 2.24. The van der Waals surface area contributed by atoms with Crippen LogP contribution in [0.2, 0.25) is 0 Å². The van der Waals surface area contributed by atoms with Crippen LogP contribution in [0.25, 0.3) is 11.1 Å². The van der Waals surface area contributed by atoms with Gasteiger partial charge in [0.1, 0.15) is 0 Å². The van der Waals surface area contributed by atoms with Crippen LogP contribution < -0.4 is 0 Å². The Labute approximate surface area is 112 Å². The van der Waals surface area contributed by atoms with Crippen LogP contribution in [0, 0.1) is 0 Å². The first-order valence-corrected chi connectivity index (χ1v) is 6.16. The summed E-state index contributed by atoms with van der Waals surface area (Å²) in [7, 11) is 0. The van der Waals surface area contributed by atoms with Crippen molar-refractivity contribution < 1.29 is 14.6 Å². The summed E-state index contributed by atoms with van der Waals surface area (Å²) < 4.78 is 5.35. The normalized spacial score (nSPS) is 12.1.